The molecule has 102 valence electrons. The largest absolute Gasteiger partial charge is 0.310 e. The minimum atomic E-state index is 0.727. The molecule has 1 nitrogen and oxygen atoms in total. The number of alkyl halides is 1. The monoisotopic (exact) mass is 332 g/mol. The fraction of sp³-hybridized carbons (Fsp3) is 0.600. The molecule has 0 aromatic rings. The van der Waals surface area contributed by atoms with Gasteiger partial charge in [-0.1, -0.05) is 53.9 Å². The normalized spacial score (nSPS) is 11.9. The Labute approximate surface area is 126 Å². The highest BCUT2D eigenvalue weighted by Crippen LogP contribution is 2.13. The number of quaternary nitrogens is 1. The molecule has 0 heterocycles. The average molecular weight is 334 g/mol. The van der Waals surface area contributed by atoms with Gasteiger partial charge in [0.2, 0.25) is 0 Å². The summed E-state index contributed by atoms with van der Waals surface area (Å²) < 4.78 is 0.997. The molecule has 0 saturated carbocycles. The standard InChI is InChI=1S/C15H24BrClN/c1-4-7-8-12-18(10-5-2,11-6-3)13-9-15(17)14-16/h4,9H,1,5-6,10-14H2,2-3H3/q+1/b15-9-. The number of allylic oxidation sites excluding steroid dienone is 2. The van der Waals surface area contributed by atoms with Crippen LogP contribution < -0.4 is 0 Å². The molecule has 0 radical (unpaired) electrons. The SMILES string of the molecule is C=CC#CC[N+](C/C=C(\Cl)CBr)(CCC)CCC. The van der Waals surface area contributed by atoms with Crippen LogP contribution in [0.2, 0.25) is 0 Å². The van der Waals surface area contributed by atoms with Crippen molar-refractivity contribution in [3.05, 3.63) is 23.8 Å². The van der Waals surface area contributed by atoms with Gasteiger partial charge in [0, 0.05) is 10.4 Å². The van der Waals surface area contributed by atoms with Crippen LogP contribution in [0.4, 0.5) is 0 Å². The molecule has 0 saturated heterocycles. The second kappa shape index (κ2) is 10.7. The van der Waals surface area contributed by atoms with Crippen LogP contribution in [-0.4, -0.2) is 36.0 Å². The predicted molar refractivity (Wildman–Crippen MR) is 86.0 cm³/mol. The Kier molecular flexibility index (Phi) is 10.5. The summed E-state index contributed by atoms with van der Waals surface area (Å²) in [7, 11) is 0. The number of nitrogens with zero attached hydrogens (tertiary/aromatic N) is 1. The van der Waals surface area contributed by atoms with Gasteiger partial charge in [0.1, 0.15) is 6.54 Å². The molecule has 0 amide bonds. The van der Waals surface area contributed by atoms with Gasteiger partial charge in [-0.05, 0) is 30.9 Å². The van der Waals surface area contributed by atoms with Gasteiger partial charge < -0.3 is 4.48 Å². The third-order valence-corrected chi connectivity index (χ3v) is 4.06. The average Bonchev–Trinajstić information content (AvgIpc) is 2.37. The second-order valence-electron chi connectivity index (χ2n) is 4.44. The Morgan fingerprint density at radius 1 is 1.33 bits per heavy atom. The topological polar surface area (TPSA) is 0 Å². The minimum Gasteiger partial charge on any atom is -0.310 e. The lowest BCUT2D eigenvalue weighted by Crippen LogP contribution is -2.49. The molecule has 0 aromatic heterocycles. The molecule has 0 atom stereocenters. The van der Waals surface area contributed by atoms with Crippen LogP contribution in [0.3, 0.4) is 0 Å². The van der Waals surface area contributed by atoms with Gasteiger partial charge in [0.05, 0.1) is 19.6 Å². The first-order valence-corrected chi connectivity index (χ1v) is 7.99. The number of halogens is 2. The molecule has 0 rings (SSSR count). The molecule has 0 fully saturated rings. The smallest absolute Gasteiger partial charge is 0.141 e. The van der Waals surface area contributed by atoms with Crippen LogP contribution >= 0.6 is 27.5 Å². The molecule has 0 N–H and O–H groups in total. The first-order chi connectivity index (χ1) is 8.64. The van der Waals surface area contributed by atoms with Crippen LogP contribution in [0.25, 0.3) is 0 Å². The molecule has 0 bridgehead atoms. The number of rotatable bonds is 8. The van der Waals surface area contributed by atoms with Crippen molar-refractivity contribution in [2.75, 3.05) is 31.5 Å². The summed E-state index contributed by atoms with van der Waals surface area (Å²) in [5.41, 5.74) is 0. The van der Waals surface area contributed by atoms with E-state index in [0.717, 1.165) is 53.9 Å². The predicted octanol–water partition coefficient (Wildman–Crippen LogP) is 4.33. The van der Waals surface area contributed by atoms with Crippen molar-refractivity contribution < 1.29 is 4.48 Å². The van der Waals surface area contributed by atoms with Gasteiger partial charge >= 0.3 is 0 Å². The summed E-state index contributed by atoms with van der Waals surface area (Å²) in [6, 6.07) is 0. The highest BCUT2D eigenvalue weighted by Gasteiger charge is 2.23. The Balaban J connectivity index is 4.87. The zero-order valence-electron chi connectivity index (χ0n) is 11.5. The highest BCUT2D eigenvalue weighted by molar-refractivity contribution is 9.09. The maximum absolute atomic E-state index is 6.08. The molecular weight excluding hydrogens is 310 g/mol. The van der Waals surface area contributed by atoms with E-state index < -0.39 is 0 Å². The summed E-state index contributed by atoms with van der Waals surface area (Å²) in [4.78, 5) is 0. The van der Waals surface area contributed by atoms with Gasteiger partial charge in [0.25, 0.3) is 0 Å². The lowest BCUT2D eigenvalue weighted by Gasteiger charge is -2.36. The highest BCUT2D eigenvalue weighted by atomic mass is 79.9. The molecule has 3 heteroatoms. The van der Waals surface area contributed by atoms with Crippen LogP contribution in [0, 0.1) is 11.8 Å². The van der Waals surface area contributed by atoms with Gasteiger partial charge in [-0.15, -0.1) is 0 Å². The molecule has 18 heavy (non-hydrogen) atoms. The Hall–Kier alpha value is -0.230. The van der Waals surface area contributed by atoms with E-state index in [-0.39, 0.29) is 0 Å². The minimum absolute atomic E-state index is 0.727. The van der Waals surface area contributed by atoms with Crippen molar-refractivity contribution in [2.45, 2.75) is 26.7 Å². The molecular formula is C15H24BrClN+. The maximum Gasteiger partial charge on any atom is 0.141 e. The Morgan fingerprint density at radius 2 is 1.94 bits per heavy atom. The van der Waals surface area contributed by atoms with Gasteiger partial charge in [-0.2, -0.15) is 0 Å². The summed E-state index contributed by atoms with van der Waals surface area (Å²) in [6.07, 6.45) is 6.11. The Morgan fingerprint density at radius 3 is 2.39 bits per heavy atom. The lowest BCUT2D eigenvalue weighted by molar-refractivity contribution is -0.916. The van der Waals surface area contributed by atoms with E-state index in [0.29, 0.717) is 0 Å². The fourth-order valence-corrected chi connectivity index (χ4v) is 2.40. The molecule has 0 aliphatic rings. The molecule has 0 aromatic carbocycles. The van der Waals surface area contributed by atoms with E-state index in [4.69, 9.17) is 11.6 Å². The first kappa shape index (κ1) is 17.8. The van der Waals surface area contributed by atoms with Crippen LogP contribution in [0.1, 0.15) is 26.7 Å². The second-order valence-corrected chi connectivity index (χ2v) is 5.49. The van der Waals surface area contributed by atoms with Crippen molar-refractivity contribution in [1.29, 1.82) is 0 Å². The lowest BCUT2D eigenvalue weighted by atomic mass is 10.2. The molecule has 0 unspecified atom stereocenters. The fourth-order valence-electron chi connectivity index (χ4n) is 2.10. The van der Waals surface area contributed by atoms with Crippen molar-refractivity contribution in [1.82, 2.24) is 0 Å². The summed E-state index contributed by atoms with van der Waals surface area (Å²) >= 11 is 9.46. The van der Waals surface area contributed by atoms with E-state index in [1.807, 2.05) is 0 Å². The van der Waals surface area contributed by atoms with Crippen LogP contribution in [0.5, 0.6) is 0 Å². The summed E-state index contributed by atoms with van der Waals surface area (Å²) in [5.74, 6) is 6.16. The summed E-state index contributed by atoms with van der Waals surface area (Å²) in [5, 5.41) is 1.60. The third kappa shape index (κ3) is 7.26. The quantitative estimate of drug-likeness (QED) is 0.352. The van der Waals surface area contributed by atoms with Crippen molar-refractivity contribution >= 4 is 27.5 Å². The van der Waals surface area contributed by atoms with E-state index in [1.54, 1.807) is 6.08 Å². The third-order valence-electron chi connectivity index (χ3n) is 2.84. The molecule has 0 aliphatic heterocycles. The van der Waals surface area contributed by atoms with Crippen molar-refractivity contribution in [3.8, 4) is 11.8 Å². The zero-order chi connectivity index (χ0) is 13.9. The van der Waals surface area contributed by atoms with E-state index in [1.165, 1.54) is 0 Å². The summed E-state index contributed by atoms with van der Waals surface area (Å²) in [6.45, 7) is 12.2. The maximum atomic E-state index is 6.08. The van der Waals surface area contributed by atoms with E-state index in [2.05, 4.69) is 54.3 Å². The van der Waals surface area contributed by atoms with Crippen LogP contribution in [0.15, 0.2) is 23.8 Å². The van der Waals surface area contributed by atoms with E-state index in [9.17, 15) is 0 Å². The van der Waals surface area contributed by atoms with Gasteiger partial charge in [0.15, 0.2) is 0 Å². The van der Waals surface area contributed by atoms with Crippen molar-refractivity contribution in [2.24, 2.45) is 0 Å². The van der Waals surface area contributed by atoms with Gasteiger partial charge in [-0.25, -0.2) is 0 Å². The van der Waals surface area contributed by atoms with Crippen LogP contribution in [-0.2, 0) is 0 Å². The van der Waals surface area contributed by atoms with E-state index >= 15 is 0 Å². The Bertz CT molecular complexity index is 319. The van der Waals surface area contributed by atoms with Crippen molar-refractivity contribution in [3.63, 3.8) is 0 Å². The number of hydrogen-bond acceptors (Lipinski definition) is 0. The number of hydrogen-bond donors (Lipinski definition) is 0. The van der Waals surface area contributed by atoms with Gasteiger partial charge in [-0.3, -0.25) is 0 Å². The zero-order valence-corrected chi connectivity index (χ0v) is 13.9. The molecule has 0 aliphatic carbocycles. The first-order valence-electron chi connectivity index (χ1n) is 6.49. The molecule has 0 spiro atoms.